The summed E-state index contributed by atoms with van der Waals surface area (Å²) < 4.78 is 10.7. The highest BCUT2D eigenvalue weighted by atomic mass is 16.7. The summed E-state index contributed by atoms with van der Waals surface area (Å²) in [6.07, 6.45) is 0. The predicted octanol–water partition coefficient (Wildman–Crippen LogP) is 0.638. The summed E-state index contributed by atoms with van der Waals surface area (Å²) >= 11 is 0. The van der Waals surface area contributed by atoms with Crippen LogP contribution in [0.15, 0.2) is 29.1 Å². The first-order valence-electron chi connectivity index (χ1n) is 8.59. The predicted molar refractivity (Wildman–Crippen MR) is 100 cm³/mol. The zero-order chi connectivity index (χ0) is 19.4. The largest absolute Gasteiger partial charge is 0.454 e. The van der Waals surface area contributed by atoms with Crippen molar-refractivity contribution in [3.05, 3.63) is 45.9 Å². The van der Waals surface area contributed by atoms with E-state index < -0.39 is 6.04 Å². The Bertz CT molecular complexity index is 880. The number of benzene rings is 1. The van der Waals surface area contributed by atoms with Crippen LogP contribution in [0, 0.1) is 6.92 Å². The molecular weight excluding hydrogens is 350 g/mol. The summed E-state index contributed by atoms with van der Waals surface area (Å²) in [4.78, 5) is 32.7. The molecule has 144 valence electrons. The third-order valence-electron chi connectivity index (χ3n) is 4.06. The molecule has 0 radical (unpaired) electrons. The molecule has 27 heavy (non-hydrogen) atoms. The number of amides is 1. The summed E-state index contributed by atoms with van der Waals surface area (Å²) in [5.74, 6) is 1.57. The Labute approximate surface area is 156 Å². The maximum absolute atomic E-state index is 12.7. The molecule has 9 nitrogen and oxygen atoms in total. The van der Waals surface area contributed by atoms with Gasteiger partial charge < -0.3 is 20.1 Å². The summed E-state index contributed by atoms with van der Waals surface area (Å²) in [7, 11) is 3.68. The molecule has 0 spiro atoms. The van der Waals surface area contributed by atoms with Gasteiger partial charge in [0.2, 0.25) is 18.6 Å². The van der Waals surface area contributed by atoms with Crippen LogP contribution >= 0.6 is 0 Å². The minimum atomic E-state index is -0.462. The topological polar surface area (TPSA) is 109 Å². The minimum Gasteiger partial charge on any atom is -0.454 e. The number of fused-ring (bicyclic) bond motifs is 1. The Balaban J connectivity index is 1.58. The Morgan fingerprint density at radius 2 is 2.04 bits per heavy atom. The Hall–Kier alpha value is -3.07. The van der Waals surface area contributed by atoms with E-state index in [-0.39, 0.29) is 18.3 Å². The number of hydrogen-bond donors (Lipinski definition) is 3. The first-order valence-corrected chi connectivity index (χ1v) is 8.59. The molecule has 0 saturated carbocycles. The number of aryl methyl sites for hydroxylation is 1. The second-order valence-corrected chi connectivity index (χ2v) is 6.43. The van der Waals surface area contributed by atoms with Gasteiger partial charge in [0.05, 0.1) is 0 Å². The Morgan fingerprint density at radius 3 is 2.78 bits per heavy atom. The van der Waals surface area contributed by atoms with Crippen LogP contribution in [0.1, 0.15) is 17.3 Å². The molecule has 3 rings (SSSR count). The number of aromatic nitrogens is 2. The molecule has 1 aliphatic rings. The zero-order valence-corrected chi connectivity index (χ0v) is 15.5. The van der Waals surface area contributed by atoms with Gasteiger partial charge in [0.25, 0.3) is 5.56 Å². The molecule has 0 unspecified atom stereocenters. The second kappa shape index (κ2) is 8.09. The molecule has 1 aromatic heterocycles. The van der Waals surface area contributed by atoms with Gasteiger partial charge in [-0.25, -0.2) is 4.98 Å². The molecule has 0 bridgehead atoms. The van der Waals surface area contributed by atoms with E-state index >= 15 is 0 Å². The first-order chi connectivity index (χ1) is 12.9. The smallest absolute Gasteiger partial charge is 0.252 e. The average molecular weight is 373 g/mol. The third-order valence-corrected chi connectivity index (χ3v) is 4.06. The fourth-order valence-corrected chi connectivity index (χ4v) is 2.89. The first kappa shape index (κ1) is 18.7. The maximum Gasteiger partial charge on any atom is 0.252 e. The summed E-state index contributed by atoms with van der Waals surface area (Å²) in [5, 5.41) is 5.89. The number of nitrogens with one attached hydrogen (secondary N) is 3. The molecule has 0 fully saturated rings. The zero-order valence-electron chi connectivity index (χ0n) is 15.5. The van der Waals surface area contributed by atoms with E-state index in [9.17, 15) is 9.59 Å². The lowest BCUT2D eigenvalue weighted by molar-refractivity contribution is -0.125. The molecule has 2 aromatic rings. The van der Waals surface area contributed by atoms with Gasteiger partial charge in [0, 0.05) is 24.8 Å². The molecule has 3 N–H and O–H groups in total. The number of carbonyl (C=O) groups excluding carboxylic acids is 1. The second-order valence-electron chi connectivity index (χ2n) is 6.43. The highest BCUT2D eigenvalue weighted by Crippen LogP contribution is 2.35. The third kappa shape index (κ3) is 4.56. The van der Waals surface area contributed by atoms with Crippen LogP contribution in [0.3, 0.4) is 0 Å². The van der Waals surface area contributed by atoms with E-state index in [1.807, 2.05) is 37.2 Å². The molecule has 1 aliphatic heterocycles. The molecule has 0 saturated heterocycles. The SMILES string of the molecule is Cc1cc(=O)[nH]c(NCCNC(=O)[C@@H](c2ccc3c(c2)OCO3)N(C)C)n1. The molecule has 2 heterocycles. The van der Waals surface area contributed by atoms with Gasteiger partial charge in [-0.05, 0) is 38.7 Å². The lowest BCUT2D eigenvalue weighted by atomic mass is 10.0. The van der Waals surface area contributed by atoms with Crippen molar-refractivity contribution in [2.45, 2.75) is 13.0 Å². The number of anilines is 1. The van der Waals surface area contributed by atoms with Crippen molar-refractivity contribution >= 4 is 11.9 Å². The normalized spacial score (nSPS) is 13.5. The maximum atomic E-state index is 12.7. The molecular formula is C18H23N5O4. The van der Waals surface area contributed by atoms with Gasteiger partial charge in [-0.3, -0.25) is 19.5 Å². The van der Waals surface area contributed by atoms with Crippen molar-refractivity contribution < 1.29 is 14.3 Å². The highest BCUT2D eigenvalue weighted by molar-refractivity contribution is 5.83. The van der Waals surface area contributed by atoms with Crippen molar-refractivity contribution in [2.24, 2.45) is 0 Å². The molecule has 1 aromatic carbocycles. The number of aromatic amines is 1. The lowest BCUT2D eigenvalue weighted by Gasteiger charge is -2.24. The quantitative estimate of drug-likeness (QED) is 0.611. The van der Waals surface area contributed by atoms with Crippen molar-refractivity contribution in [2.75, 3.05) is 39.3 Å². The van der Waals surface area contributed by atoms with Crippen molar-refractivity contribution in [1.29, 1.82) is 0 Å². The van der Waals surface area contributed by atoms with Gasteiger partial charge in [-0.15, -0.1) is 0 Å². The van der Waals surface area contributed by atoms with Crippen LogP contribution in [-0.4, -0.2) is 54.8 Å². The van der Waals surface area contributed by atoms with Crippen molar-refractivity contribution in [3.63, 3.8) is 0 Å². The standard InChI is InChI=1S/C18H23N5O4/c1-11-8-15(24)22-18(21-11)20-7-6-19-17(25)16(23(2)3)12-4-5-13-14(9-12)27-10-26-13/h4-5,8-9,16H,6-7,10H2,1-3H3,(H,19,25)(H2,20,21,22,24)/t16-/m1/s1. The molecule has 9 heteroatoms. The van der Waals surface area contributed by atoms with Gasteiger partial charge >= 0.3 is 0 Å². The molecule has 1 amide bonds. The number of hydrogen-bond acceptors (Lipinski definition) is 7. The van der Waals surface area contributed by atoms with Crippen molar-refractivity contribution in [3.8, 4) is 11.5 Å². The molecule has 1 atom stereocenters. The Kier molecular flexibility index (Phi) is 5.60. The van der Waals surface area contributed by atoms with E-state index in [0.29, 0.717) is 36.2 Å². The number of nitrogens with zero attached hydrogens (tertiary/aromatic N) is 2. The van der Waals surface area contributed by atoms with Crippen LogP contribution in [0.4, 0.5) is 5.95 Å². The number of likely N-dealkylation sites (N-methyl/N-ethyl adjacent to an activating group) is 1. The van der Waals surface area contributed by atoms with Crippen LogP contribution in [-0.2, 0) is 4.79 Å². The molecule has 0 aliphatic carbocycles. The van der Waals surface area contributed by atoms with E-state index in [4.69, 9.17) is 9.47 Å². The van der Waals surface area contributed by atoms with Crippen LogP contribution in [0.5, 0.6) is 11.5 Å². The summed E-state index contributed by atoms with van der Waals surface area (Å²) in [6.45, 7) is 2.75. The van der Waals surface area contributed by atoms with E-state index in [1.54, 1.807) is 6.92 Å². The summed E-state index contributed by atoms with van der Waals surface area (Å²) in [6, 6.07) is 6.45. The highest BCUT2D eigenvalue weighted by Gasteiger charge is 2.25. The van der Waals surface area contributed by atoms with Gasteiger partial charge in [-0.1, -0.05) is 6.07 Å². The fourth-order valence-electron chi connectivity index (χ4n) is 2.89. The van der Waals surface area contributed by atoms with Gasteiger partial charge in [-0.2, -0.15) is 0 Å². The average Bonchev–Trinajstić information content (AvgIpc) is 3.05. The minimum absolute atomic E-state index is 0.133. The Morgan fingerprint density at radius 1 is 1.26 bits per heavy atom. The van der Waals surface area contributed by atoms with E-state index in [0.717, 1.165) is 5.56 Å². The van der Waals surface area contributed by atoms with Crippen LogP contribution in [0.2, 0.25) is 0 Å². The van der Waals surface area contributed by atoms with Gasteiger partial charge in [0.15, 0.2) is 11.5 Å². The van der Waals surface area contributed by atoms with Gasteiger partial charge in [0.1, 0.15) is 6.04 Å². The van der Waals surface area contributed by atoms with Crippen LogP contribution in [0.25, 0.3) is 0 Å². The van der Waals surface area contributed by atoms with E-state index in [1.165, 1.54) is 6.07 Å². The number of carbonyl (C=O) groups is 1. The van der Waals surface area contributed by atoms with Crippen LogP contribution < -0.4 is 25.7 Å². The number of H-pyrrole nitrogens is 1. The van der Waals surface area contributed by atoms with Crippen molar-refractivity contribution in [1.82, 2.24) is 20.2 Å². The fraction of sp³-hybridized carbons (Fsp3) is 0.389. The van der Waals surface area contributed by atoms with E-state index in [2.05, 4.69) is 20.6 Å². The number of rotatable bonds is 7. The monoisotopic (exact) mass is 373 g/mol. The number of ether oxygens (including phenoxy) is 2. The lowest BCUT2D eigenvalue weighted by Crippen LogP contribution is -2.39. The summed E-state index contributed by atoms with van der Waals surface area (Å²) in [5.41, 5.74) is 1.23.